The van der Waals surface area contributed by atoms with Crippen LogP contribution in [-0.2, 0) is 11.3 Å². The molecular weight excluding hydrogens is 306 g/mol. The first-order valence-corrected chi connectivity index (χ1v) is 8.42. The lowest BCUT2D eigenvalue weighted by atomic mass is 10.1. The lowest BCUT2D eigenvalue weighted by Crippen LogP contribution is -2.42. The summed E-state index contributed by atoms with van der Waals surface area (Å²) in [5.74, 6) is 0. The van der Waals surface area contributed by atoms with E-state index in [9.17, 15) is 9.90 Å². The molecule has 1 aliphatic heterocycles. The van der Waals surface area contributed by atoms with Gasteiger partial charge in [-0.1, -0.05) is 6.07 Å². The van der Waals surface area contributed by atoms with E-state index in [0.717, 1.165) is 29.3 Å². The van der Waals surface area contributed by atoms with Gasteiger partial charge in [0.25, 0.3) is 0 Å². The lowest BCUT2D eigenvalue weighted by Gasteiger charge is -2.33. The maximum absolute atomic E-state index is 12.1. The van der Waals surface area contributed by atoms with E-state index in [1.165, 1.54) is 0 Å². The second-order valence-corrected chi connectivity index (χ2v) is 7.34. The molecule has 1 saturated heterocycles. The van der Waals surface area contributed by atoms with Crippen molar-refractivity contribution in [3.8, 4) is 0 Å². The standard InChI is InChI=1S/C18H25N3O3/c1-18(2,3)24-17(23)20-8-6-15(7-9-20)21-16-5-4-13(12-22)10-14(16)11-19-21/h4-5,10-11,15,22H,6-9,12H2,1-3H3. The van der Waals surface area contributed by atoms with Crippen LogP contribution in [-0.4, -0.2) is 44.6 Å². The van der Waals surface area contributed by atoms with Crippen LogP contribution in [0.2, 0.25) is 0 Å². The van der Waals surface area contributed by atoms with E-state index in [2.05, 4.69) is 5.10 Å². The third-order valence-electron chi connectivity index (χ3n) is 4.30. The molecule has 1 aliphatic rings. The van der Waals surface area contributed by atoms with Crippen LogP contribution in [0.15, 0.2) is 24.4 Å². The highest BCUT2D eigenvalue weighted by Gasteiger charge is 2.28. The summed E-state index contributed by atoms with van der Waals surface area (Å²) in [5.41, 5.74) is 1.50. The topological polar surface area (TPSA) is 67.6 Å². The molecule has 2 heterocycles. The monoisotopic (exact) mass is 331 g/mol. The number of likely N-dealkylation sites (tertiary alicyclic amines) is 1. The lowest BCUT2D eigenvalue weighted by molar-refractivity contribution is 0.0186. The maximum Gasteiger partial charge on any atom is 0.410 e. The summed E-state index contributed by atoms with van der Waals surface area (Å²) in [6.45, 7) is 7.04. The molecule has 130 valence electrons. The van der Waals surface area contributed by atoms with Crippen LogP contribution in [0.5, 0.6) is 0 Å². The van der Waals surface area contributed by atoms with E-state index >= 15 is 0 Å². The number of ether oxygens (including phenoxy) is 1. The SMILES string of the molecule is CC(C)(C)OC(=O)N1CCC(n2ncc3cc(CO)ccc32)CC1. The molecule has 1 amide bonds. The fourth-order valence-corrected chi connectivity index (χ4v) is 3.11. The van der Waals surface area contributed by atoms with Crippen molar-refractivity contribution in [2.75, 3.05) is 13.1 Å². The molecule has 6 nitrogen and oxygen atoms in total. The van der Waals surface area contributed by atoms with Crippen molar-refractivity contribution in [3.05, 3.63) is 30.0 Å². The number of rotatable bonds is 2. The summed E-state index contributed by atoms with van der Waals surface area (Å²) >= 11 is 0. The molecule has 2 aromatic rings. The highest BCUT2D eigenvalue weighted by Crippen LogP contribution is 2.27. The van der Waals surface area contributed by atoms with Crippen molar-refractivity contribution in [1.29, 1.82) is 0 Å². The smallest absolute Gasteiger partial charge is 0.410 e. The van der Waals surface area contributed by atoms with E-state index in [4.69, 9.17) is 4.74 Å². The molecule has 0 spiro atoms. The highest BCUT2D eigenvalue weighted by molar-refractivity contribution is 5.79. The van der Waals surface area contributed by atoms with E-state index in [-0.39, 0.29) is 18.7 Å². The van der Waals surface area contributed by atoms with Gasteiger partial charge >= 0.3 is 6.09 Å². The van der Waals surface area contributed by atoms with Crippen molar-refractivity contribution in [1.82, 2.24) is 14.7 Å². The molecule has 1 aromatic heterocycles. The zero-order chi connectivity index (χ0) is 17.3. The minimum atomic E-state index is -0.462. The zero-order valence-electron chi connectivity index (χ0n) is 14.5. The predicted octanol–water partition coefficient (Wildman–Crippen LogP) is 3.10. The molecule has 1 N–H and O–H groups in total. The Bertz CT molecular complexity index is 725. The van der Waals surface area contributed by atoms with Crippen molar-refractivity contribution in [2.45, 2.75) is 51.9 Å². The van der Waals surface area contributed by atoms with E-state index < -0.39 is 5.60 Å². The van der Waals surface area contributed by atoms with Gasteiger partial charge in [0.05, 0.1) is 24.4 Å². The second-order valence-electron chi connectivity index (χ2n) is 7.34. The Hall–Kier alpha value is -2.08. The molecule has 24 heavy (non-hydrogen) atoms. The number of nitrogens with zero attached hydrogens (tertiary/aromatic N) is 3. The molecule has 0 saturated carbocycles. The Kier molecular flexibility index (Phi) is 4.49. The van der Waals surface area contributed by atoms with Gasteiger partial charge in [0, 0.05) is 18.5 Å². The minimum Gasteiger partial charge on any atom is -0.444 e. The largest absolute Gasteiger partial charge is 0.444 e. The fourth-order valence-electron chi connectivity index (χ4n) is 3.11. The normalized spacial score (nSPS) is 16.6. The van der Waals surface area contributed by atoms with E-state index in [0.29, 0.717) is 13.1 Å². The maximum atomic E-state index is 12.1. The Morgan fingerprint density at radius 3 is 2.67 bits per heavy atom. The number of aliphatic hydroxyl groups excluding tert-OH is 1. The summed E-state index contributed by atoms with van der Waals surface area (Å²) in [7, 11) is 0. The quantitative estimate of drug-likeness (QED) is 0.918. The number of benzene rings is 1. The third kappa shape index (κ3) is 3.53. The Morgan fingerprint density at radius 2 is 2.04 bits per heavy atom. The summed E-state index contributed by atoms with van der Waals surface area (Å²) in [6.07, 6.45) is 3.32. The third-order valence-corrected chi connectivity index (χ3v) is 4.30. The first-order valence-electron chi connectivity index (χ1n) is 8.42. The number of aromatic nitrogens is 2. The molecule has 0 radical (unpaired) electrons. The van der Waals surface area contributed by atoms with E-state index in [1.54, 1.807) is 4.90 Å². The fraction of sp³-hybridized carbons (Fsp3) is 0.556. The Balaban J connectivity index is 1.68. The molecule has 6 heteroatoms. The van der Waals surface area contributed by atoms with Crippen molar-refractivity contribution < 1.29 is 14.6 Å². The summed E-state index contributed by atoms with van der Waals surface area (Å²) in [4.78, 5) is 13.9. The van der Waals surface area contributed by atoms with Crippen LogP contribution >= 0.6 is 0 Å². The van der Waals surface area contributed by atoms with Crippen LogP contribution in [0.25, 0.3) is 10.9 Å². The minimum absolute atomic E-state index is 0.0371. The van der Waals surface area contributed by atoms with Gasteiger partial charge in [-0.3, -0.25) is 4.68 Å². The average Bonchev–Trinajstić information content (AvgIpc) is 2.96. The molecule has 0 aliphatic carbocycles. The number of carbonyl (C=O) groups excluding carboxylic acids is 1. The molecule has 0 bridgehead atoms. The van der Waals surface area contributed by atoms with Gasteiger partial charge < -0.3 is 14.7 Å². The molecule has 1 fully saturated rings. The molecule has 0 atom stereocenters. The zero-order valence-corrected chi connectivity index (χ0v) is 14.5. The van der Waals surface area contributed by atoms with Gasteiger partial charge in [-0.15, -0.1) is 0 Å². The number of piperidine rings is 1. The second kappa shape index (κ2) is 6.43. The molecular formula is C18H25N3O3. The summed E-state index contributed by atoms with van der Waals surface area (Å²) in [6, 6.07) is 6.18. The number of aliphatic hydroxyl groups is 1. The van der Waals surface area contributed by atoms with Gasteiger partial charge in [0.2, 0.25) is 0 Å². The number of hydrogen-bond acceptors (Lipinski definition) is 4. The average molecular weight is 331 g/mol. The molecule has 0 unspecified atom stereocenters. The van der Waals surface area contributed by atoms with Gasteiger partial charge in [-0.2, -0.15) is 5.10 Å². The van der Waals surface area contributed by atoms with Gasteiger partial charge in [0.15, 0.2) is 0 Å². The van der Waals surface area contributed by atoms with Gasteiger partial charge in [-0.05, 0) is 51.3 Å². The number of carbonyl (C=O) groups is 1. The van der Waals surface area contributed by atoms with Crippen molar-refractivity contribution in [3.63, 3.8) is 0 Å². The number of amides is 1. The van der Waals surface area contributed by atoms with Crippen LogP contribution in [0.3, 0.4) is 0 Å². The number of fused-ring (bicyclic) bond motifs is 1. The molecule has 1 aromatic carbocycles. The summed E-state index contributed by atoms with van der Waals surface area (Å²) < 4.78 is 7.48. The van der Waals surface area contributed by atoms with Gasteiger partial charge in [0.1, 0.15) is 5.60 Å². The first-order chi connectivity index (χ1) is 11.4. The number of hydrogen-bond donors (Lipinski definition) is 1. The van der Waals surface area contributed by atoms with Crippen LogP contribution < -0.4 is 0 Å². The Morgan fingerprint density at radius 1 is 1.33 bits per heavy atom. The highest BCUT2D eigenvalue weighted by atomic mass is 16.6. The van der Waals surface area contributed by atoms with Crippen molar-refractivity contribution >= 4 is 17.0 Å². The Labute approximate surface area is 142 Å². The van der Waals surface area contributed by atoms with Crippen molar-refractivity contribution in [2.24, 2.45) is 0 Å². The predicted molar refractivity (Wildman–Crippen MR) is 91.7 cm³/mol. The van der Waals surface area contributed by atoms with Crippen LogP contribution in [0, 0.1) is 0 Å². The first kappa shape index (κ1) is 16.8. The summed E-state index contributed by atoms with van der Waals surface area (Å²) in [5, 5.41) is 14.8. The van der Waals surface area contributed by atoms with Crippen LogP contribution in [0.1, 0.15) is 45.2 Å². The van der Waals surface area contributed by atoms with E-state index in [1.807, 2.05) is 49.8 Å². The molecule has 3 rings (SSSR count). The van der Waals surface area contributed by atoms with Crippen LogP contribution in [0.4, 0.5) is 4.79 Å². The van der Waals surface area contributed by atoms with Gasteiger partial charge in [-0.25, -0.2) is 4.79 Å².